The lowest BCUT2D eigenvalue weighted by Gasteiger charge is -2.36. The van der Waals surface area contributed by atoms with Gasteiger partial charge >= 0.3 is 0 Å². The van der Waals surface area contributed by atoms with E-state index in [1.54, 1.807) is 9.80 Å². The second kappa shape index (κ2) is 8.35. The number of aliphatic hydroxyl groups excluding tert-OH is 1. The summed E-state index contributed by atoms with van der Waals surface area (Å²) in [5.41, 5.74) is -1.03. The molecule has 1 aromatic carbocycles. The van der Waals surface area contributed by atoms with Crippen molar-refractivity contribution in [1.29, 1.82) is 0 Å². The van der Waals surface area contributed by atoms with Crippen LogP contribution in [0.4, 0.5) is 14.6 Å². The smallest absolute Gasteiger partial charge is 0.261 e. The van der Waals surface area contributed by atoms with Crippen LogP contribution in [0.1, 0.15) is 30.6 Å². The number of fused-ring (bicyclic) bond motifs is 2. The fourth-order valence-corrected chi connectivity index (χ4v) is 5.21. The highest BCUT2D eigenvalue weighted by molar-refractivity contribution is 6.03. The van der Waals surface area contributed by atoms with E-state index in [4.69, 9.17) is 9.47 Å². The minimum atomic E-state index is -0.916. The van der Waals surface area contributed by atoms with Crippen molar-refractivity contribution in [1.82, 2.24) is 15.2 Å². The number of hydrogen-bond acceptors (Lipinski definition) is 7. The number of aliphatic hydroxyl groups is 1. The van der Waals surface area contributed by atoms with Gasteiger partial charge in [0.05, 0.1) is 24.8 Å². The molecule has 3 aliphatic heterocycles. The van der Waals surface area contributed by atoms with E-state index in [0.717, 1.165) is 0 Å². The second-order valence-electron chi connectivity index (χ2n) is 9.57. The van der Waals surface area contributed by atoms with Gasteiger partial charge in [0.25, 0.3) is 5.91 Å². The molecule has 0 saturated carbocycles. The van der Waals surface area contributed by atoms with Gasteiger partial charge in [0.15, 0.2) is 11.6 Å². The average Bonchev–Trinajstić information content (AvgIpc) is 2.99. The lowest BCUT2D eigenvalue weighted by molar-refractivity contribution is 0.0606. The van der Waals surface area contributed by atoms with Crippen LogP contribution in [0.2, 0.25) is 0 Å². The number of aromatic nitrogens is 1. The minimum absolute atomic E-state index is 0.00290. The molecular weight excluding hydrogens is 446 g/mol. The highest BCUT2D eigenvalue weighted by atomic mass is 19.1. The largest absolute Gasteiger partial charge is 0.496 e. The monoisotopic (exact) mass is 474 g/mol. The number of carbonyl (C=O) groups excluding carboxylic acids is 1. The van der Waals surface area contributed by atoms with E-state index in [9.17, 15) is 14.3 Å². The molecule has 10 heteroatoms. The third-order valence-corrected chi connectivity index (χ3v) is 6.87. The van der Waals surface area contributed by atoms with Gasteiger partial charge < -0.3 is 29.7 Å². The topological polar surface area (TPSA) is 87.2 Å². The maximum Gasteiger partial charge on any atom is 0.261 e. The fraction of sp³-hybridized carbons (Fsp3) is 0.500. The summed E-state index contributed by atoms with van der Waals surface area (Å²) in [6, 6.07) is 3.91. The van der Waals surface area contributed by atoms with Crippen molar-refractivity contribution in [3.05, 3.63) is 35.4 Å². The van der Waals surface area contributed by atoms with Gasteiger partial charge in [-0.15, -0.1) is 0 Å². The quantitative estimate of drug-likeness (QED) is 0.705. The maximum atomic E-state index is 16.0. The van der Waals surface area contributed by atoms with Crippen molar-refractivity contribution in [2.45, 2.75) is 38.0 Å². The van der Waals surface area contributed by atoms with Crippen molar-refractivity contribution < 1.29 is 28.2 Å². The van der Waals surface area contributed by atoms with Crippen LogP contribution in [0.15, 0.2) is 18.2 Å². The van der Waals surface area contributed by atoms with E-state index in [2.05, 4.69) is 10.3 Å². The van der Waals surface area contributed by atoms with E-state index in [1.165, 1.54) is 25.3 Å². The molecule has 4 heterocycles. The predicted molar refractivity (Wildman–Crippen MR) is 121 cm³/mol. The molecule has 2 N–H and O–H groups in total. The van der Waals surface area contributed by atoms with Crippen LogP contribution in [0.3, 0.4) is 0 Å². The first-order valence-corrected chi connectivity index (χ1v) is 11.4. The van der Waals surface area contributed by atoms with Crippen LogP contribution >= 0.6 is 0 Å². The Morgan fingerprint density at radius 1 is 1.29 bits per heavy atom. The highest BCUT2D eigenvalue weighted by Gasteiger charge is 2.44. The molecule has 0 unspecified atom stereocenters. The first kappa shape index (κ1) is 22.8. The van der Waals surface area contributed by atoms with Gasteiger partial charge in [0, 0.05) is 31.7 Å². The number of rotatable bonds is 3. The van der Waals surface area contributed by atoms with Crippen molar-refractivity contribution >= 4 is 11.7 Å². The fourth-order valence-electron chi connectivity index (χ4n) is 5.21. The van der Waals surface area contributed by atoms with Crippen molar-refractivity contribution in [2.75, 3.05) is 44.8 Å². The van der Waals surface area contributed by atoms with Gasteiger partial charge in [-0.3, -0.25) is 4.79 Å². The molecule has 2 saturated heterocycles. The van der Waals surface area contributed by atoms with Gasteiger partial charge in [-0.2, -0.15) is 0 Å². The number of benzene rings is 1. The van der Waals surface area contributed by atoms with Gasteiger partial charge in [0.2, 0.25) is 0 Å². The number of ether oxygens (including phenoxy) is 2. The number of piperazine rings is 1. The summed E-state index contributed by atoms with van der Waals surface area (Å²) in [5, 5.41) is 13.6. The molecule has 2 fully saturated rings. The number of nitrogens with one attached hydrogen (secondary N) is 1. The molecule has 1 aromatic heterocycles. The first-order chi connectivity index (χ1) is 16.2. The summed E-state index contributed by atoms with van der Waals surface area (Å²) < 4.78 is 42.3. The summed E-state index contributed by atoms with van der Waals surface area (Å²) in [7, 11) is 1.37. The molecule has 34 heavy (non-hydrogen) atoms. The van der Waals surface area contributed by atoms with Crippen LogP contribution in [0.5, 0.6) is 11.5 Å². The SMILES string of the molecule is COc1cccc(F)c1-c1nc(N2C[C@@H](O)CC2(C)C)c2c(c1F)OC[C@H]1CNCCN1C2=O. The molecule has 0 aliphatic carbocycles. The summed E-state index contributed by atoms with van der Waals surface area (Å²) in [6.07, 6.45) is -0.220. The summed E-state index contributed by atoms with van der Waals surface area (Å²) in [4.78, 5) is 21.8. The number of methoxy groups -OCH3 is 1. The zero-order valence-electron chi connectivity index (χ0n) is 19.4. The van der Waals surface area contributed by atoms with E-state index >= 15 is 4.39 Å². The molecule has 0 bridgehead atoms. The Bertz CT molecular complexity index is 1140. The third-order valence-electron chi connectivity index (χ3n) is 6.87. The minimum Gasteiger partial charge on any atom is -0.496 e. The summed E-state index contributed by atoms with van der Waals surface area (Å²) in [5.74, 6) is -1.98. The molecule has 182 valence electrons. The number of anilines is 1. The first-order valence-electron chi connectivity index (χ1n) is 11.4. The third kappa shape index (κ3) is 3.56. The molecule has 1 amide bonds. The second-order valence-corrected chi connectivity index (χ2v) is 9.57. The number of halogens is 2. The van der Waals surface area contributed by atoms with E-state index in [1.807, 2.05) is 13.8 Å². The van der Waals surface area contributed by atoms with Gasteiger partial charge in [0.1, 0.15) is 35.2 Å². The molecule has 8 nitrogen and oxygen atoms in total. The zero-order valence-corrected chi connectivity index (χ0v) is 19.4. The molecule has 2 aromatic rings. The van der Waals surface area contributed by atoms with Gasteiger partial charge in [-0.05, 0) is 32.4 Å². The van der Waals surface area contributed by atoms with Crippen LogP contribution in [-0.4, -0.2) is 78.5 Å². The Labute approximate surface area is 196 Å². The van der Waals surface area contributed by atoms with Gasteiger partial charge in [-0.25, -0.2) is 13.8 Å². The van der Waals surface area contributed by atoms with E-state index < -0.39 is 23.3 Å². The van der Waals surface area contributed by atoms with Crippen LogP contribution in [0, 0.1) is 11.6 Å². The van der Waals surface area contributed by atoms with Crippen LogP contribution in [0.25, 0.3) is 11.3 Å². The van der Waals surface area contributed by atoms with Gasteiger partial charge in [-0.1, -0.05) is 6.07 Å². The van der Waals surface area contributed by atoms with E-state index in [0.29, 0.717) is 26.1 Å². The molecular formula is C24H28F2N4O4. The molecule has 3 aliphatic rings. The molecule has 0 spiro atoms. The van der Waals surface area contributed by atoms with Crippen LogP contribution < -0.4 is 19.7 Å². The standard InChI is InChI=1S/C24H28F2N4O4/c1-24(2)9-14(31)11-30(24)22-18-21(34-12-13-10-27-7-8-29(13)23(18)32)19(26)20(28-22)17-15(25)5-4-6-16(17)33-3/h4-6,13-14,27,31H,7-12H2,1-3H3/t13-,14+/m1/s1. The Morgan fingerprint density at radius 3 is 2.79 bits per heavy atom. The van der Waals surface area contributed by atoms with Crippen molar-refractivity contribution in [2.24, 2.45) is 0 Å². The zero-order chi connectivity index (χ0) is 24.2. The summed E-state index contributed by atoms with van der Waals surface area (Å²) in [6.45, 7) is 5.70. The van der Waals surface area contributed by atoms with Crippen LogP contribution in [-0.2, 0) is 0 Å². The Kier molecular flexibility index (Phi) is 5.60. The highest BCUT2D eigenvalue weighted by Crippen LogP contribution is 2.45. The predicted octanol–water partition coefficient (Wildman–Crippen LogP) is 2.19. The number of pyridine rings is 1. The Hall–Kier alpha value is -2.98. The normalized spacial score (nSPS) is 23.8. The average molecular weight is 475 g/mol. The van der Waals surface area contributed by atoms with E-state index in [-0.39, 0.29) is 59.2 Å². The molecule has 5 rings (SSSR count). The number of amides is 1. The number of β-amino-alcohol motifs (C(OH)–C–C–N with tert-alkyl or cyclic N) is 1. The molecule has 0 radical (unpaired) electrons. The maximum absolute atomic E-state index is 16.0. The Morgan fingerprint density at radius 2 is 2.09 bits per heavy atom. The summed E-state index contributed by atoms with van der Waals surface area (Å²) >= 11 is 0. The van der Waals surface area contributed by atoms with Crippen molar-refractivity contribution in [3.8, 4) is 22.8 Å². The number of nitrogens with zero attached hydrogens (tertiary/aromatic N) is 3. The lowest BCUT2D eigenvalue weighted by atomic mass is 9.99. The number of carbonyl (C=O) groups is 1. The Balaban J connectivity index is 1.78. The molecule has 2 atom stereocenters. The lowest BCUT2D eigenvalue weighted by Crippen LogP contribution is -2.55. The van der Waals surface area contributed by atoms with Crippen molar-refractivity contribution in [3.63, 3.8) is 0 Å². The number of hydrogen-bond donors (Lipinski definition) is 2.